The van der Waals surface area contributed by atoms with Crippen LogP contribution in [-0.4, -0.2) is 19.9 Å². The number of nitrogens with one attached hydrogen (secondary N) is 1. The van der Waals surface area contributed by atoms with Crippen molar-refractivity contribution < 1.29 is 8.42 Å². The molecule has 112 valence electrons. The van der Waals surface area contributed by atoms with Gasteiger partial charge in [0.2, 0.25) is 10.0 Å². The van der Waals surface area contributed by atoms with Crippen LogP contribution in [0.1, 0.15) is 5.56 Å². The molecule has 0 fully saturated rings. The van der Waals surface area contributed by atoms with Crippen LogP contribution in [0, 0.1) is 0 Å². The molecule has 0 aliphatic carbocycles. The molecule has 0 bridgehead atoms. The van der Waals surface area contributed by atoms with E-state index in [1.165, 1.54) is 12.3 Å². The lowest BCUT2D eigenvalue weighted by Crippen LogP contribution is -2.26. The van der Waals surface area contributed by atoms with Gasteiger partial charge in [-0.2, -0.15) is 0 Å². The van der Waals surface area contributed by atoms with E-state index in [2.05, 4.69) is 9.71 Å². The van der Waals surface area contributed by atoms with Gasteiger partial charge in [-0.3, -0.25) is 0 Å². The van der Waals surface area contributed by atoms with Gasteiger partial charge in [-0.1, -0.05) is 46.9 Å². The van der Waals surface area contributed by atoms with E-state index in [-0.39, 0.29) is 21.6 Å². The normalized spacial score (nSPS) is 11.6. The van der Waals surface area contributed by atoms with Crippen LogP contribution in [-0.2, 0) is 16.4 Å². The Morgan fingerprint density at radius 1 is 1.10 bits per heavy atom. The van der Waals surface area contributed by atoms with Crippen molar-refractivity contribution in [3.8, 4) is 0 Å². The summed E-state index contributed by atoms with van der Waals surface area (Å²) in [5, 5.41) is 0.801. The summed E-state index contributed by atoms with van der Waals surface area (Å²) in [5.41, 5.74) is 0.981. The zero-order valence-electron chi connectivity index (χ0n) is 10.7. The summed E-state index contributed by atoms with van der Waals surface area (Å²) in [7, 11) is -3.66. The Labute approximate surface area is 138 Å². The number of pyridine rings is 1. The molecule has 0 amide bonds. The van der Waals surface area contributed by atoms with E-state index in [4.69, 9.17) is 34.8 Å². The average Bonchev–Trinajstić information content (AvgIpc) is 2.44. The molecule has 21 heavy (non-hydrogen) atoms. The zero-order valence-corrected chi connectivity index (χ0v) is 13.8. The van der Waals surface area contributed by atoms with E-state index in [1.54, 1.807) is 12.1 Å². The Balaban J connectivity index is 2.01. The zero-order chi connectivity index (χ0) is 15.5. The predicted octanol–water partition coefficient (Wildman–Crippen LogP) is 3.56. The highest BCUT2D eigenvalue weighted by Crippen LogP contribution is 2.22. The van der Waals surface area contributed by atoms with Crippen LogP contribution in [0.3, 0.4) is 0 Å². The number of aromatic nitrogens is 1. The van der Waals surface area contributed by atoms with Gasteiger partial charge in [0, 0.05) is 17.8 Å². The second kappa shape index (κ2) is 6.94. The van der Waals surface area contributed by atoms with Crippen LogP contribution >= 0.6 is 34.8 Å². The number of hydrogen-bond acceptors (Lipinski definition) is 3. The van der Waals surface area contributed by atoms with Crippen molar-refractivity contribution in [1.29, 1.82) is 0 Å². The Hall–Kier alpha value is -0.850. The molecule has 1 N–H and O–H groups in total. The number of hydrogen-bond donors (Lipinski definition) is 1. The number of sulfonamides is 1. The maximum absolute atomic E-state index is 12.1. The number of nitrogens with zero attached hydrogens (tertiary/aromatic N) is 1. The van der Waals surface area contributed by atoms with E-state index in [0.29, 0.717) is 11.4 Å². The second-order valence-electron chi connectivity index (χ2n) is 4.22. The molecule has 8 heteroatoms. The minimum absolute atomic E-state index is 0.0204. The van der Waals surface area contributed by atoms with Crippen molar-refractivity contribution in [1.82, 2.24) is 9.71 Å². The monoisotopic (exact) mass is 364 g/mol. The molecule has 4 nitrogen and oxygen atoms in total. The van der Waals surface area contributed by atoms with E-state index >= 15 is 0 Å². The second-order valence-corrected chi connectivity index (χ2v) is 7.19. The van der Waals surface area contributed by atoms with E-state index < -0.39 is 10.0 Å². The van der Waals surface area contributed by atoms with Crippen molar-refractivity contribution in [2.75, 3.05) is 6.54 Å². The molecular formula is C13H11Cl3N2O2S. The molecule has 2 rings (SSSR count). The smallest absolute Gasteiger partial charge is 0.242 e. The Bertz CT molecular complexity index is 734. The molecule has 0 atom stereocenters. The van der Waals surface area contributed by atoms with Gasteiger partial charge in [0.05, 0.1) is 5.02 Å². The molecule has 0 unspecified atom stereocenters. The van der Waals surface area contributed by atoms with Crippen LogP contribution in [0.25, 0.3) is 0 Å². The molecule has 0 saturated carbocycles. The first-order valence-electron chi connectivity index (χ1n) is 5.93. The topological polar surface area (TPSA) is 59.1 Å². The van der Waals surface area contributed by atoms with Crippen molar-refractivity contribution in [3.63, 3.8) is 0 Å². The minimum Gasteiger partial charge on any atom is -0.242 e. The van der Waals surface area contributed by atoms with Gasteiger partial charge >= 0.3 is 0 Å². The molecule has 0 saturated heterocycles. The van der Waals surface area contributed by atoms with Gasteiger partial charge in [0.15, 0.2) is 0 Å². The highest BCUT2D eigenvalue weighted by atomic mass is 35.5. The Morgan fingerprint density at radius 2 is 1.76 bits per heavy atom. The first kappa shape index (κ1) is 16.5. The molecule has 2 aromatic rings. The number of rotatable bonds is 5. The highest BCUT2D eigenvalue weighted by Gasteiger charge is 2.15. The average molecular weight is 366 g/mol. The summed E-state index contributed by atoms with van der Waals surface area (Å²) in [6, 6.07) is 8.47. The predicted molar refractivity (Wildman–Crippen MR) is 84.6 cm³/mol. The molecule has 1 aromatic heterocycles. The molecule has 1 aromatic carbocycles. The van der Waals surface area contributed by atoms with Crippen LogP contribution in [0.15, 0.2) is 41.4 Å². The molecule has 0 radical (unpaired) electrons. The standard InChI is InChI=1S/C13H11Cl3N2O2S/c14-10-3-1-9(2-4-10)5-6-18-21(19,20)11-7-12(15)13(16)17-8-11/h1-4,7-8,18H,5-6H2. The third-order valence-electron chi connectivity index (χ3n) is 2.70. The summed E-state index contributed by atoms with van der Waals surface area (Å²) in [6.45, 7) is 0.254. The van der Waals surface area contributed by atoms with E-state index in [1.807, 2.05) is 12.1 Å². The minimum atomic E-state index is -3.66. The number of benzene rings is 1. The van der Waals surface area contributed by atoms with Gasteiger partial charge in [-0.15, -0.1) is 0 Å². The third kappa shape index (κ3) is 4.56. The van der Waals surface area contributed by atoms with Crippen molar-refractivity contribution in [2.24, 2.45) is 0 Å². The van der Waals surface area contributed by atoms with Gasteiger partial charge in [-0.05, 0) is 30.2 Å². The van der Waals surface area contributed by atoms with Crippen LogP contribution in [0.4, 0.5) is 0 Å². The van der Waals surface area contributed by atoms with Gasteiger partial charge in [0.1, 0.15) is 10.0 Å². The largest absolute Gasteiger partial charge is 0.242 e. The van der Waals surface area contributed by atoms with Crippen molar-refractivity contribution in [3.05, 3.63) is 57.3 Å². The van der Waals surface area contributed by atoms with E-state index in [0.717, 1.165) is 5.56 Å². The van der Waals surface area contributed by atoms with Crippen LogP contribution in [0.5, 0.6) is 0 Å². The van der Waals surface area contributed by atoms with Gasteiger partial charge < -0.3 is 0 Å². The quantitative estimate of drug-likeness (QED) is 0.824. The fourth-order valence-corrected chi connectivity index (χ4v) is 3.08. The van der Waals surface area contributed by atoms with Crippen LogP contribution < -0.4 is 4.72 Å². The summed E-state index contributed by atoms with van der Waals surface area (Å²) in [4.78, 5) is 3.70. The Kier molecular flexibility index (Phi) is 5.46. The lowest BCUT2D eigenvalue weighted by molar-refractivity contribution is 0.581. The fourth-order valence-electron chi connectivity index (χ4n) is 1.61. The summed E-state index contributed by atoms with van der Waals surface area (Å²) < 4.78 is 26.6. The van der Waals surface area contributed by atoms with Crippen LogP contribution in [0.2, 0.25) is 15.2 Å². The lowest BCUT2D eigenvalue weighted by atomic mass is 10.2. The molecule has 1 heterocycles. The molecule has 0 aliphatic heterocycles. The lowest BCUT2D eigenvalue weighted by Gasteiger charge is -2.07. The first-order valence-corrected chi connectivity index (χ1v) is 8.55. The van der Waals surface area contributed by atoms with Crippen molar-refractivity contribution in [2.45, 2.75) is 11.3 Å². The summed E-state index contributed by atoms with van der Waals surface area (Å²) in [6.07, 6.45) is 1.71. The van der Waals surface area contributed by atoms with E-state index in [9.17, 15) is 8.42 Å². The molecule has 0 spiro atoms. The maximum atomic E-state index is 12.1. The molecule has 0 aliphatic rings. The first-order chi connectivity index (χ1) is 9.88. The summed E-state index contributed by atoms with van der Waals surface area (Å²) in [5.74, 6) is 0. The molecular weight excluding hydrogens is 355 g/mol. The number of halogens is 3. The summed E-state index contributed by atoms with van der Waals surface area (Å²) >= 11 is 17.2. The fraction of sp³-hybridized carbons (Fsp3) is 0.154. The third-order valence-corrected chi connectivity index (χ3v) is 5.07. The van der Waals surface area contributed by atoms with Gasteiger partial charge in [0.25, 0.3) is 0 Å². The SMILES string of the molecule is O=S(=O)(NCCc1ccc(Cl)cc1)c1cnc(Cl)c(Cl)c1. The highest BCUT2D eigenvalue weighted by molar-refractivity contribution is 7.89. The van der Waals surface area contributed by atoms with Gasteiger partial charge in [-0.25, -0.2) is 18.1 Å². The Morgan fingerprint density at radius 3 is 2.38 bits per heavy atom. The maximum Gasteiger partial charge on any atom is 0.242 e. The van der Waals surface area contributed by atoms with Crippen molar-refractivity contribution >= 4 is 44.8 Å².